The van der Waals surface area contributed by atoms with Crippen molar-refractivity contribution in [2.75, 3.05) is 7.11 Å². The summed E-state index contributed by atoms with van der Waals surface area (Å²) in [6, 6.07) is 16.3. The van der Waals surface area contributed by atoms with Gasteiger partial charge in [-0.05, 0) is 61.9 Å². The van der Waals surface area contributed by atoms with Crippen LogP contribution in [-0.2, 0) is 0 Å². The van der Waals surface area contributed by atoms with Gasteiger partial charge in [0.05, 0.1) is 24.4 Å². The highest BCUT2D eigenvalue weighted by molar-refractivity contribution is 5.93. The second-order valence-corrected chi connectivity index (χ2v) is 8.23. The van der Waals surface area contributed by atoms with E-state index in [2.05, 4.69) is 51.4 Å². The molecule has 2 aromatic carbocycles. The van der Waals surface area contributed by atoms with Gasteiger partial charge >= 0.3 is 0 Å². The van der Waals surface area contributed by atoms with Crippen molar-refractivity contribution in [3.63, 3.8) is 0 Å². The predicted molar refractivity (Wildman–Crippen MR) is 129 cm³/mol. The summed E-state index contributed by atoms with van der Waals surface area (Å²) in [6.45, 7) is 1.96. The molecule has 1 fully saturated rings. The number of hydrogen-bond acceptors (Lipinski definition) is 4. The zero-order chi connectivity index (χ0) is 21.9. The first kappa shape index (κ1) is 20.3. The molecule has 0 spiro atoms. The molecule has 0 radical (unpaired) electrons. The molecule has 2 heterocycles. The number of nitrogens with zero attached hydrogens (tertiary/aromatic N) is 2. The fourth-order valence-corrected chi connectivity index (χ4v) is 4.37. The van der Waals surface area contributed by atoms with Crippen LogP contribution in [0.3, 0.4) is 0 Å². The van der Waals surface area contributed by atoms with Crippen molar-refractivity contribution >= 4 is 23.2 Å². The van der Waals surface area contributed by atoms with Crippen molar-refractivity contribution in [3.8, 4) is 22.8 Å². The van der Waals surface area contributed by atoms with Crippen LogP contribution in [0.1, 0.15) is 42.6 Å². The summed E-state index contributed by atoms with van der Waals surface area (Å²) in [4.78, 5) is 12.6. The van der Waals surface area contributed by atoms with Crippen LogP contribution in [-0.4, -0.2) is 28.2 Å². The number of ether oxygens (including phenoxy) is 2. The molecule has 0 saturated heterocycles. The second-order valence-electron chi connectivity index (χ2n) is 8.23. The third kappa shape index (κ3) is 4.11. The first-order chi connectivity index (χ1) is 15.7. The van der Waals surface area contributed by atoms with E-state index in [1.165, 1.54) is 12.8 Å². The quantitative estimate of drug-likeness (QED) is 0.361. The lowest BCUT2D eigenvalue weighted by Crippen LogP contribution is -2.11. The molecule has 32 heavy (non-hydrogen) atoms. The van der Waals surface area contributed by atoms with E-state index in [0.717, 1.165) is 63.6 Å². The van der Waals surface area contributed by atoms with Crippen LogP contribution in [0.15, 0.2) is 54.7 Å². The number of fused-ring (bicyclic) bond motifs is 1. The molecule has 5 nitrogen and oxygen atoms in total. The molecule has 2 aromatic heterocycles. The highest BCUT2D eigenvalue weighted by Crippen LogP contribution is 2.34. The van der Waals surface area contributed by atoms with Crippen LogP contribution < -0.4 is 9.47 Å². The van der Waals surface area contributed by atoms with E-state index in [0.29, 0.717) is 0 Å². The summed E-state index contributed by atoms with van der Waals surface area (Å²) in [6.07, 6.45) is 11.0. The average molecular weight is 426 g/mol. The Morgan fingerprint density at radius 2 is 1.84 bits per heavy atom. The van der Waals surface area contributed by atoms with Gasteiger partial charge < -0.3 is 14.5 Å². The number of rotatable bonds is 6. The summed E-state index contributed by atoms with van der Waals surface area (Å²) in [5.74, 6) is 2.47. The Balaban J connectivity index is 1.48. The molecule has 0 atom stereocenters. The maximum Gasteiger partial charge on any atom is 0.162 e. The Bertz CT molecular complexity index is 1270. The van der Waals surface area contributed by atoms with Crippen molar-refractivity contribution in [2.24, 2.45) is 0 Å². The summed E-state index contributed by atoms with van der Waals surface area (Å²) in [7, 11) is 1.69. The third-order valence-electron chi connectivity index (χ3n) is 5.97. The number of aromatic nitrogens is 3. The maximum absolute atomic E-state index is 6.25. The molecule has 5 rings (SSSR count). The highest BCUT2D eigenvalue weighted by atomic mass is 16.5. The van der Waals surface area contributed by atoms with Gasteiger partial charge in [0.1, 0.15) is 11.3 Å². The van der Waals surface area contributed by atoms with Crippen LogP contribution in [0.4, 0.5) is 0 Å². The largest absolute Gasteiger partial charge is 0.493 e. The summed E-state index contributed by atoms with van der Waals surface area (Å²) in [5.41, 5.74) is 5.97. The molecular formula is C27H27N3O2. The Hall–Kier alpha value is -3.60. The van der Waals surface area contributed by atoms with E-state index in [1.807, 2.05) is 37.4 Å². The standard InChI is InChI=1S/C27H27N3O2/c1-18-29-23-15-16-28-26(27(23)30-18)22-10-6-3-7-20(22)13-11-19-12-14-24(31-2)25(17-19)32-21-8-4-5-9-21/h3,6-7,10-17,21H,4-5,8-9H2,1-2H3,(H,29,30). The molecule has 0 unspecified atom stereocenters. The van der Waals surface area contributed by atoms with E-state index in [9.17, 15) is 0 Å². The van der Waals surface area contributed by atoms with Crippen molar-refractivity contribution in [1.29, 1.82) is 0 Å². The molecule has 0 amide bonds. The van der Waals surface area contributed by atoms with Gasteiger partial charge in [-0.2, -0.15) is 0 Å². The monoisotopic (exact) mass is 425 g/mol. The molecule has 0 aliphatic heterocycles. The van der Waals surface area contributed by atoms with Crippen LogP contribution in [0, 0.1) is 6.92 Å². The van der Waals surface area contributed by atoms with Gasteiger partial charge in [-0.15, -0.1) is 0 Å². The van der Waals surface area contributed by atoms with Crippen LogP contribution in [0.2, 0.25) is 0 Å². The lowest BCUT2D eigenvalue weighted by Gasteiger charge is -2.16. The number of pyridine rings is 1. The number of aryl methyl sites for hydroxylation is 1. The smallest absolute Gasteiger partial charge is 0.162 e. The first-order valence-electron chi connectivity index (χ1n) is 11.1. The number of aromatic amines is 1. The van der Waals surface area contributed by atoms with Gasteiger partial charge in [0.25, 0.3) is 0 Å². The van der Waals surface area contributed by atoms with Crippen molar-refractivity contribution in [3.05, 3.63) is 71.7 Å². The number of imidazole rings is 1. The molecule has 1 aliphatic rings. The summed E-state index contributed by atoms with van der Waals surface area (Å²) < 4.78 is 11.8. The number of benzene rings is 2. The highest BCUT2D eigenvalue weighted by Gasteiger charge is 2.18. The summed E-state index contributed by atoms with van der Waals surface area (Å²) >= 11 is 0. The van der Waals surface area contributed by atoms with Gasteiger partial charge in [0.2, 0.25) is 0 Å². The molecule has 5 heteroatoms. The average Bonchev–Trinajstić information content (AvgIpc) is 3.46. The Morgan fingerprint density at radius 1 is 1.00 bits per heavy atom. The number of hydrogen-bond donors (Lipinski definition) is 1. The minimum atomic E-state index is 0.285. The fraction of sp³-hybridized carbons (Fsp3) is 0.259. The van der Waals surface area contributed by atoms with Gasteiger partial charge in [-0.3, -0.25) is 4.98 Å². The third-order valence-corrected chi connectivity index (χ3v) is 5.97. The van der Waals surface area contributed by atoms with Gasteiger partial charge in [-0.1, -0.05) is 42.5 Å². The van der Waals surface area contributed by atoms with Crippen molar-refractivity contribution in [1.82, 2.24) is 15.0 Å². The molecule has 4 aromatic rings. The SMILES string of the molecule is COc1ccc(C=Cc2ccccc2-c2nccc3[nH]c(C)nc23)cc1OC1CCCC1. The lowest BCUT2D eigenvalue weighted by molar-refractivity contribution is 0.201. The van der Waals surface area contributed by atoms with Crippen LogP contribution in [0.25, 0.3) is 34.4 Å². The summed E-state index contributed by atoms with van der Waals surface area (Å²) in [5, 5.41) is 0. The van der Waals surface area contributed by atoms with E-state index < -0.39 is 0 Å². The zero-order valence-electron chi connectivity index (χ0n) is 18.5. The van der Waals surface area contributed by atoms with Gasteiger partial charge in [-0.25, -0.2) is 4.98 Å². The predicted octanol–water partition coefficient (Wildman–Crippen LogP) is 6.43. The van der Waals surface area contributed by atoms with E-state index in [-0.39, 0.29) is 6.10 Å². The molecule has 162 valence electrons. The van der Waals surface area contributed by atoms with Gasteiger partial charge in [0.15, 0.2) is 11.5 Å². The number of methoxy groups -OCH3 is 1. The van der Waals surface area contributed by atoms with E-state index in [4.69, 9.17) is 9.47 Å². The van der Waals surface area contributed by atoms with Gasteiger partial charge in [0, 0.05) is 11.8 Å². The lowest BCUT2D eigenvalue weighted by atomic mass is 10.0. The van der Waals surface area contributed by atoms with E-state index in [1.54, 1.807) is 7.11 Å². The topological polar surface area (TPSA) is 60.0 Å². The maximum atomic E-state index is 6.25. The van der Waals surface area contributed by atoms with Crippen molar-refractivity contribution in [2.45, 2.75) is 38.7 Å². The molecule has 1 N–H and O–H groups in total. The Morgan fingerprint density at radius 3 is 2.69 bits per heavy atom. The molecule has 1 aliphatic carbocycles. The molecule has 1 saturated carbocycles. The minimum Gasteiger partial charge on any atom is -0.493 e. The van der Waals surface area contributed by atoms with Crippen molar-refractivity contribution < 1.29 is 9.47 Å². The minimum absolute atomic E-state index is 0.285. The molecular weight excluding hydrogens is 398 g/mol. The fourth-order valence-electron chi connectivity index (χ4n) is 4.37. The number of nitrogens with one attached hydrogen (secondary N) is 1. The van der Waals surface area contributed by atoms with Crippen LogP contribution in [0.5, 0.6) is 11.5 Å². The van der Waals surface area contributed by atoms with E-state index >= 15 is 0 Å². The zero-order valence-corrected chi connectivity index (χ0v) is 18.5. The normalized spacial score (nSPS) is 14.4. The number of H-pyrrole nitrogens is 1. The Labute approximate surface area is 188 Å². The first-order valence-corrected chi connectivity index (χ1v) is 11.1. The van der Waals surface area contributed by atoms with Crippen LogP contribution >= 0.6 is 0 Å². The molecule has 0 bridgehead atoms. The second kappa shape index (κ2) is 8.87. The Kier molecular flexibility index (Phi) is 5.63.